The quantitative estimate of drug-likeness (QED) is 0.613. The van der Waals surface area contributed by atoms with Gasteiger partial charge in [0.15, 0.2) is 0 Å². The highest BCUT2D eigenvalue weighted by Gasteiger charge is 2.27. The highest BCUT2D eigenvalue weighted by atomic mass is 19.4. The second kappa shape index (κ2) is 7.08. The summed E-state index contributed by atoms with van der Waals surface area (Å²) in [4.78, 5) is 11.0. The van der Waals surface area contributed by atoms with Crippen molar-refractivity contribution in [2.45, 2.75) is 12.6 Å². The van der Waals surface area contributed by atoms with Crippen molar-refractivity contribution < 1.29 is 22.4 Å². The summed E-state index contributed by atoms with van der Waals surface area (Å²) >= 11 is 0. The largest absolute Gasteiger partial charge is 0.405 e. The summed E-state index contributed by atoms with van der Waals surface area (Å²) in [5, 5.41) is 4.46. The third-order valence-electron chi connectivity index (χ3n) is 2.28. The van der Waals surface area contributed by atoms with E-state index >= 15 is 0 Å². The Balaban J connectivity index is 2.13. The molecule has 1 rings (SSSR count). The van der Waals surface area contributed by atoms with Crippen LogP contribution in [0.4, 0.5) is 17.6 Å². The van der Waals surface area contributed by atoms with Gasteiger partial charge in [-0.25, -0.2) is 4.39 Å². The Morgan fingerprint density at radius 2 is 1.79 bits per heavy atom. The number of alkyl halides is 3. The lowest BCUT2D eigenvalue weighted by atomic mass is 10.1. The molecule has 106 valence electrons. The minimum Gasteiger partial charge on any atom is -0.346 e. The lowest BCUT2D eigenvalue weighted by Gasteiger charge is -2.09. The van der Waals surface area contributed by atoms with E-state index in [9.17, 15) is 22.4 Å². The molecule has 0 aromatic heterocycles. The molecule has 2 N–H and O–H groups in total. The molecule has 1 aromatic rings. The molecule has 19 heavy (non-hydrogen) atoms. The van der Waals surface area contributed by atoms with Gasteiger partial charge in [0.25, 0.3) is 0 Å². The van der Waals surface area contributed by atoms with Crippen molar-refractivity contribution in [3.05, 3.63) is 35.6 Å². The lowest BCUT2D eigenvalue weighted by molar-refractivity contribution is -0.137. The van der Waals surface area contributed by atoms with Crippen LogP contribution in [0.3, 0.4) is 0 Å². The van der Waals surface area contributed by atoms with Crippen LogP contribution >= 0.6 is 0 Å². The Kier molecular flexibility index (Phi) is 5.75. The first-order chi connectivity index (χ1) is 8.87. The predicted octanol–water partition coefficient (Wildman–Crippen LogP) is 1.64. The van der Waals surface area contributed by atoms with Crippen LogP contribution in [-0.4, -0.2) is 31.7 Å². The summed E-state index contributed by atoms with van der Waals surface area (Å²) in [5.41, 5.74) is 0.879. The molecule has 0 heterocycles. The first-order valence-corrected chi connectivity index (χ1v) is 5.65. The zero-order valence-corrected chi connectivity index (χ0v) is 10.1. The monoisotopic (exact) mass is 278 g/mol. The van der Waals surface area contributed by atoms with E-state index in [-0.39, 0.29) is 12.4 Å². The molecule has 0 spiro atoms. The summed E-state index contributed by atoms with van der Waals surface area (Å²) in [5.74, 6) is -1.04. The molecule has 0 aliphatic rings. The van der Waals surface area contributed by atoms with Gasteiger partial charge in [-0.1, -0.05) is 12.1 Å². The molecular weight excluding hydrogens is 264 g/mol. The number of benzene rings is 1. The van der Waals surface area contributed by atoms with Crippen LogP contribution in [0.1, 0.15) is 5.56 Å². The molecule has 0 aliphatic carbocycles. The summed E-state index contributed by atoms with van der Waals surface area (Å²) in [6.45, 7) is -1.09. The number of hydrogen-bond acceptors (Lipinski definition) is 2. The standard InChI is InChI=1S/C12H14F4N2O/c13-10-3-1-9(2-4-10)5-6-17-7-11(19)18-8-12(14,15)16/h1-4,17H,5-8H2,(H,18,19). The van der Waals surface area contributed by atoms with Crippen molar-refractivity contribution >= 4 is 5.91 Å². The fourth-order valence-electron chi connectivity index (χ4n) is 1.35. The third kappa shape index (κ3) is 7.40. The van der Waals surface area contributed by atoms with E-state index in [1.165, 1.54) is 12.1 Å². The van der Waals surface area contributed by atoms with E-state index in [1.54, 1.807) is 17.4 Å². The highest BCUT2D eigenvalue weighted by Crippen LogP contribution is 2.11. The van der Waals surface area contributed by atoms with Gasteiger partial charge < -0.3 is 10.6 Å². The second-order valence-electron chi connectivity index (χ2n) is 3.95. The van der Waals surface area contributed by atoms with Crippen LogP contribution in [0.5, 0.6) is 0 Å². The average Bonchev–Trinajstić information content (AvgIpc) is 2.33. The van der Waals surface area contributed by atoms with Crippen LogP contribution in [0, 0.1) is 5.82 Å². The maximum Gasteiger partial charge on any atom is 0.405 e. The Morgan fingerprint density at radius 3 is 2.37 bits per heavy atom. The maximum atomic E-state index is 12.6. The number of rotatable bonds is 6. The Bertz CT molecular complexity index is 403. The SMILES string of the molecule is O=C(CNCCc1ccc(F)cc1)NCC(F)(F)F. The molecule has 0 saturated heterocycles. The van der Waals surface area contributed by atoms with Crippen LogP contribution < -0.4 is 10.6 Å². The Hall–Kier alpha value is -1.63. The number of nitrogens with one attached hydrogen (secondary N) is 2. The van der Waals surface area contributed by atoms with Gasteiger partial charge in [0.2, 0.25) is 5.91 Å². The fraction of sp³-hybridized carbons (Fsp3) is 0.417. The molecule has 0 aliphatic heterocycles. The van der Waals surface area contributed by atoms with Crippen molar-refractivity contribution in [1.82, 2.24) is 10.6 Å². The summed E-state index contributed by atoms with van der Waals surface area (Å²) in [6, 6.07) is 5.87. The van der Waals surface area contributed by atoms with E-state index in [4.69, 9.17) is 0 Å². The lowest BCUT2D eigenvalue weighted by Crippen LogP contribution is -2.39. The van der Waals surface area contributed by atoms with Crippen molar-refractivity contribution in [3.63, 3.8) is 0 Å². The van der Waals surface area contributed by atoms with Gasteiger partial charge in [-0.15, -0.1) is 0 Å². The molecule has 0 radical (unpaired) electrons. The molecule has 0 bridgehead atoms. The summed E-state index contributed by atoms with van der Waals surface area (Å²) < 4.78 is 48.0. The average molecular weight is 278 g/mol. The van der Waals surface area contributed by atoms with Crippen molar-refractivity contribution in [2.24, 2.45) is 0 Å². The van der Waals surface area contributed by atoms with Gasteiger partial charge in [0, 0.05) is 0 Å². The van der Waals surface area contributed by atoms with E-state index < -0.39 is 18.6 Å². The van der Waals surface area contributed by atoms with Crippen LogP contribution in [0.15, 0.2) is 24.3 Å². The first kappa shape index (κ1) is 15.4. The molecule has 0 unspecified atom stereocenters. The molecule has 1 amide bonds. The number of hydrogen-bond donors (Lipinski definition) is 2. The van der Waals surface area contributed by atoms with Gasteiger partial charge in [0.1, 0.15) is 12.4 Å². The van der Waals surface area contributed by atoms with Gasteiger partial charge >= 0.3 is 6.18 Å². The van der Waals surface area contributed by atoms with Gasteiger partial charge in [-0.2, -0.15) is 13.2 Å². The number of amides is 1. The highest BCUT2D eigenvalue weighted by molar-refractivity contribution is 5.77. The maximum absolute atomic E-state index is 12.6. The smallest absolute Gasteiger partial charge is 0.346 e. The molecular formula is C12H14F4N2O. The third-order valence-corrected chi connectivity index (χ3v) is 2.28. The minimum absolute atomic E-state index is 0.183. The fourth-order valence-corrected chi connectivity index (χ4v) is 1.35. The van der Waals surface area contributed by atoms with Crippen molar-refractivity contribution in [3.8, 4) is 0 Å². The van der Waals surface area contributed by atoms with E-state index in [2.05, 4.69) is 5.32 Å². The van der Waals surface area contributed by atoms with Crippen molar-refractivity contribution in [1.29, 1.82) is 0 Å². The van der Waals surface area contributed by atoms with E-state index in [0.717, 1.165) is 5.56 Å². The first-order valence-electron chi connectivity index (χ1n) is 5.65. The molecule has 0 saturated carbocycles. The van der Waals surface area contributed by atoms with Gasteiger partial charge in [-0.05, 0) is 30.7 Å². The zero-order chi connectivity index (χ0) is 14.3. The summed E-state index contributed by atoms with van der Waals surface area (Å²) in [7, 11) is 0. The molecule has 0 atom stereocenters. The van der Waals surface area contributed by atoms with Crippen LogP contribution in [-0.2, 0) is 11.2 Å². The molecule has 7 heteroatoms. The Labute approximate surface area is 108 Å². The van der Waals surface area contributed by atoms with Gasteiger partial charge in [0.05, 0.1) is 6.54 Å². The van der Waals surface area contributed by atoms with Gasteiger partial charge in [-0.3, -0.25) is 4.79 Å². The minimum atomic E-state index is -4.40. The topological polar surface area (TPSA) is 41.1 Å². The number of carbonyl (C=O) groups excluding carboxylic acids is 1. The van der Waals surface area contributed by atoms with Crippen molar-refractivity contribution in [2.75, 3.05) is 19.6 Å². The predicted molar refractivity (Wildman–Crippen MR) is 62.0 cm³/mol. The van der Waals surface area contributed by atoms with Crippen LogP contribution in [0.2, 0.25) is 0 Å². The van der Waals surface area contributed by atoms with Crippen LogP contribution in [0.25, 0.3) is 0 Å². The number of carbonyl (C=O) groups is 1. The zero-order valence-electron chi connectivity index (χ0n) is 10.1. The Morgan fingerprint density at radius 1 is 1.16 bits per heavy atom. The van der Waals surface area contributed by atoms with E-state index in [0.29, 0.717) is 13.0 Å². The normalized spacial score (nSPS) is 11.4. The summed E-state index contributed by atoms with van der Waals surface area (Å²) in [6.07, 6.45) is -3.84. The molecule has 0 fully saturated rings. The number of halogens is 4. The second-order valence-corrected chi connectivity index (χ2v) is 3.95. The van der Waals surface area contributed by atoms with E-state index in [1.807, 2.05) is 0 Å². The molecule has 3 nitrogen and oxygen atoms in total. The molecule has 1 aromatic carbocycles.